The van der Waals surface area contributed by atoms with Crippen LogP contribution in [-0.4, -0.2) is 18.2 Å². The van der Waals surface area contributed by atoms with Crippen molar-refractivity contribution in [2.45, 2.75) is 57.7 Å². The zero-order chi connectivity index (χ0) is 14.6. The van der Waals surface area contributed by atoms with Gasteiger partial charge in [0.25, 0.3) is 0 Å². The van der Waals surface area contributed by atoms with Crippen molar-refractivity contribution in [1.82, 2.24) is 5.32 Å². The Kier molecular flexibility index (Phi) is 5.11. The average molecular weight is 283 g/mol. The monoisotopic (exact) mass is 283 g/mol. The fraction of sp³-hybridized carbons (Fsp3) is 0.625. The summed E-state index contributed by atoms with van der Waals surface area (Å²) in [5.41, 5.74) is 0.607. The maximum Gasteiger partial charge on any atom is 0.126 e. The van der Waals surface area contributed by atoms with Crippen LogP contribution in [-0.2, 0) is 11.3 Å². The number of halogens is 2. The molecular weight excluding hydrogens is 260 g/mol. The topological polar surface area (TPSA) is 21.3 Å². The molecule has 0 aromatic heterocycles. The van der Waals surface area contributed by atoms with E-state index in [1.54, 1.807) is 0 Å². The molecule has 20 heavy (non-hydrogen) atoms. The molecule has 2 rings (SSSR count). The van der Waals surface area contributed by atoms with E-state index in [4.69, 9.17) is 4.74 Å². The van der Waals surface area contributed by atoms with Crippen molar-refractivity contribution in [2.24, 2.45) is 0 Å². The van der Waals surface area contributed by atoms with Crippen LogP contribution < -0.4 is 5.32 Å². The van der Waals surface area contributed by atoms with E-state index in [1.807, 2.05) is 0 Å². The van der Waals surface area contributed by atoms with Crippen LogP contribution >= 0.6 is 0 Å². The number of benzene rings is 1. The Bertz CT molecular complexity index is 426. The van der Waals surface area contributed by atoms with E-state index in [2.05, 4.69) is 19.2 Å². The molecule has 112 valence electrons. The SMILES string of the molecule is CCC1(CC)CC(NCc2cc(F)cc(F)c2)CCO1. The summed E-state index contributed by atoms with van der Waals surface area (Å²) in [6.07, 6.45) is 3.89. The summed E-state index contributed by atoms with van der Waals surface area (Å²) >= 11 is 0. The Hall–Kier alpha value is -1.00. The van der Waals surface area contributed by atoms with Crippen LogP contribution in [0.5, 0.6) is 0 Å². The molecule has 1 heterocycles. The van der Waals surface area contributed by atoms with Gasteiger partial charge in [-0.3, -0.25) is 0 Å². The van der Waals surface area contributed by atoms with Gasteiger partial charge in [-0.05, 0) is 43.4 Å². The van der Waals surface area contributed by atoms with E-state index in [-0.39, 0.29) is 5.60 Å². The fourth-order valence-electron chi connectivity index (χ4n) is 2.92. The molecule has 4 heteroatoms. The third-order valence-electron chi connectivity index (χ3n) is 4.30. The molecule has 1 aliphatic rings. The molecule has 1 aliphatic heterocycles. The van der Waals surface area contributed by atoms with Gasteiger partial charge in [-0.15, -0.1) is 0 Å². The highest BCUT2D eigenvalue weighted by Crippen LogP contribution is 2.31. The Morgan fingerprint density at radius 1 is 1.20 bits per heavy atom. The maximum absolute atomic E-state index is 13.1. The highest BCUT2D eigenvalue weighted by molar-refractivity contribution is 5.17. The number of hydrogen-bond donors (Lipinski definition) is 1. The second-order valence-corrected chi connectivity index (χ2v) is 5.59. The lowest BCUT2D eigenvalue weighted by Crippen LogP contribution is -2.46. The third kappa shape index (κ3) is 3.76. The van der Waals surface area contributed by atoms with E-state index in [9.17, 15) is 8.78 Å². The molecule has 0 bridgehead atoms. The van der Waals surface area contributed by atoms with Gasteiger partial charge in [-0.2, -0.15) is 0 Å². The van der Waals surface area contributed by atoms with Crippen molar-refractivity contribution < 1.29 is 13.5 Å². The first-order valence-corrected chi connectivity index (χ1v) is 7.39. The Morgan fingerprint density at radius 2 is 1.85 bits per heavy atom. The first kappa shape index (κ1) is 15.4. The van der Waals surface area contributed by atoms with Crippen LogP contribution in [0.15, 0.2) is 18.2 Å². The summed E-state index contributed by atoms with van der Waals surface area (Å²) in [6.45, 7) is 5.53. The quantitative estimate of drug-likeness (QED) is 0.887. The van der Waals surface area contributed by atoms with Crippen molar-refractivity contribution in [3.8, 4) is 0 Å². The summed E-state index contributed by atoms with van der Waals surface area (Å²) in [6, 6.07) is 4.00. The van der Waals surface area contributed by atoms with Gasteiger partial charge in [0.15, 0.2) is 0 Å². The molecule has 1 saturated heterocycles. The van der Waals surface area contributed by atoms with Crippen molar-refractivity contribution >= 4 is 0 Å². The largest absolute Gasteiger partial charge is 0.375 e. The van der Waals surface area contributed by atoms with E-state index in [0.29, 0.717) is 18.2 Å². The minimum atomic E-state index is -0.523. The second kappa shape index (κ2) is 6.64. The lowest BCUT2D eigenvalue weighted by molar-refractivity contribution is -0.0932. The summed E-state index contributed by atoms with van der Waals surface area (Å²) in [7, 11) is 0. The van der Waals surface area contributed by atoms with Crippen LogP contribution in [0.3, 0.4) is 0 Å². The molecule has 0 aliphatic carbocycles. The summed E-state index contributed by atoms with van der Waals surface area (Å²) in [5, 5.41) is 3.40. The van der Waals surface area contributed by atoms with Crippen LogP contribution in [0.25, 0.3) is 0 Å². The second-order valence-electron chi connectivity index (χ2n) is 5.59. The van der Waals surface area contributed by atoms with Gasteiger partial charge in [0.05, 0.1) is 5.60 Å². The predicted molar refractivity (Wildman–Crippen MR) is 75.5 cm³/mol. The first-order chi connectivity index (χ1) is 9.57. The molecule has 1 unspecified atom stereocenters. The lowest BCUT2D eigenvalue weighted by atomic mass is 9.86. The molecule has 1 fully saturated rings. The Morgan fingerprint density at radius 3 is 2.45 bits per heavy atom. The highest BCUT2D eigenvalue weighted by Gasteiger charge is 2.34. The molecule has 0 saturated carbocycles. The van der Waals surface area contributed by atoms with E-state index < -0.39 is 11.6 Å². The number of nitrogens with one attached hydrogen (secondary N) is 1. The van der Waals surface area contributed by atoms with Gasteiger partial charge < -0.3 is 10.1 Å². The van der Waals surface area contributed by atoms with Gasteiger partial charge in [0.2, 0.25) is 0 Å². The predicted octanol–water partition coefficient (Wildman–Crippen LogP) is 3.79. The van der Waals surface area contributed by atoms with Crippen LogP contribution in [0.2, 0.25) is 0 Å². The fourth-order valence-corrected chi connectivity index (χ4v) is 2.92. The van der Waals surface area contributed by atoms with Crippen molar-refractivity contribution in [2.75, 3.05) is 6.61 Å². The van der Waals surface area contributed by atoms with E-state index in [1.165, 1.54) is 12.1 Å². The molecule has 1 aromatic rings. The van der Waals surface area contributed by atoms with Gasteiger partial charge in [-0.1, -0.05) is 13.8 Å². The summed E-state index contributed by atoms with van der Waals surface area (Å²) < 4.78 is 32.2. The zero-order valence-corrected chi connectivity index (χ0v) is 12.2. The standard InChI is InChI=1S/C16H23F2NO/c1-3-16(4-2)10-15(5-6-20-16)19-11-12-7-13(17)9-14(18)8-12/h7-9,15,19H,3-6,10-11H2,1-2H3. The smallest absolute Gasteiger partial charge is 0.126 e. The molecule has 1 atom stereocenters. The minimum Gasteiger partial charge on any atom is -0.375 e. The molecule has 0 amide bonds. The van der Waals surface area contributed by atoms with E-state index >= 15 is 0 Å². The van der Waals surface area contributed by atoms with E-state index in [0.717, 1.165) is 38.4 Å². The molecular formula is C16H23F2NO. The van der Waals surface area contributed by atoms with Crippen molar-refractivity contribution in [3.63, 3.8) is 0 Å². The highest BCUT2D eigenvalue weighted by atomic mass is 19.1. The lowest BCUT2D eigenvalue weighted by Gasteiger charge is -2.40. The van der Waals surface area contributed by atoms with Gasteiger partial charge in [0, 0.05) is 25.3 Å². The zero-order valence-electron chi connectivity index (χ0n) is 12.2. The molecule has 0 spiro atoms. The Labute approximate surface area is 119 Å². The van der Waals surface area contributed by atoms with Crippen LogP contribution in [0.1, 0.15) is 45.1 Å². The number of hydrogen-bond acceptors (Lipinski definition) is 2. The number of ether oxygens (including phenoxy) is 1. The summed E-state index contributed by atoms with van der Waals surface area (Å²) in [4.78, 5) is 0. The third-order valence-corrected chi connectivity index (χ3v) is 4.30. The first-order valence-electron chi connectivity index (χ1n) is 7.39. The van der Waals surface area contributed by atoms with Crippen LogP contribution in [0, 0.1) is 11.6 Å². The van der Waals surface area contributed by atoms with Crippen LogP contribution in [0.4, 0.5) is 8.78 Å². The molecule has 1 aromatic carbocycles. The Balaban J connectivity index is 1.93. The normalized spacial score (nSPS) is 21.9. The molecule has 1 N–H and O–H groups in total. The van der Waals surface area contributed by atoms with Crippen molar-refractivity contribution in [3.05, 3.63) is 35.4 Å². The average Bonchev–Trinajstić information content (AvgIpc) is 2.44. The maximum atomic E-state index is 13.1. The molecule has 0 radical (unpaired) electrons. The van der Waals surface area contributed by atoms with Gasteiger partial charge in [0.1, 0.15) is 11.6 Å². The number of rotatable bonds is 5. The molecule has 2 nitrogen and oxygen atoms in total. The van der Waals surface area contributed by atoms with Gasteiger partial charge in [-0.25, -0.2) is 8.78 Å². The van der Waals surface area contributed by atoms with Gasteiger partial charge >= 0.3 is 0 Å². The summed E-state index contributed by atoms with van der Waals surface area (Å²) in [5.74, 6) is -1.05. The minimum absolute atomic E-state index is 0.0386. The van der Waals surface area contributed by atoms with Crippen molar-refractivity contribution in [1.29, 1.82) is 0 Å².